The van der Waals surface area contributed by atoms with Crippen LogP contribution in [0.2, 0.25) is 5.02 Å². The molecular formula is C18H19ClFN5. The predicted octanol–water partition coefficient (Wildman–Crippen LogP) is 3.74. The van der Waals surface area contributed by atoms with Gasteiger partial charge < -0.3 is 4.90 Å². The van der Waals surface area contributed by atoms with Gasteiger partial charge in [-0.2, -0.15) is 5.10 Å². The summed E-state index contributed by atoms with van der Waals surface area (Å²) in [6.45, 7) is 0.805. The van der Waals surface area contributed by atoms with Crippen LogP contribution in [0.4, 0.5) is 10.2 Å². The molecule has 25 heavy (non-hydrogen) atoms. The highest BCUT2D eigenvalue weighted by atomic mass is 35.5. The van der Waals surface area contributed by atoms with Gasteiger partial charge in [0.15, 0.2) is 5.82 Å². The molecular weight excluding hydrogens is 341 g/mol. The van der Waals surface area contributed by atoms with Gasteiger partial charge in [-0.1, -0.05) is 11.6 Å². The van der Waals surface area contributed by atoms with Crippen molar-refractivity contribution in [3.8, 4) is 11.3 Å². The molecule has 5 nitrogen and oxygen atoms in total. The number of rotatable bonds is 6. The first-order valence-electron chi connectivity index (χ1n) is 8.00. The topological polar surface area (TPSA) is 46.8 Å². The molecule has 0 bridgehead atoms. The Balaban J connectivity index is 1.62. The lowest BCUT2D eigenvalue weighted by Crippen LogP contribution is -2.20. The second kappa shape index (κ2) is 7.61. The molecule has 0 amide bonds. The second-order valence-electron chi connectivity index (χ2n) is 5.87. The van der Waals surface area contributed by atoms with E-state index in [1.165, 1.54) is 18.5 Å². The van der Waals surface area contributed by atoms with Gasteiger partial charge >= 0.3 is 0 Å². The first-order chi connectivity index (χ1) is 12.0. The zero-order chi connectivity index (χ0) is 17.8. The average Bonchev–Trinajstić information content (AvgIpc) is 2.96. The third-order valence-electron chi connectivity index (χ3n) is 4.01. The minimum Gasteiger partial charge on any atom is -0.358 e. The fourth-order valence-electron chi connectivity index (χ4n) is 2.73. The summed E-state index contributed by atoms with van der Waals surface area (Å²) in [7, 11) is 3.85. The zero-order valence-electron chi connectivity index (χ0n) is 14.2. The standard InChI is InChI=1S/C18H19ClFN5/c1-24(18-16(19)11-21-12-22-18)9-3-4-15-10-17(25(2)23-15)13-5-7-14(20)8-6-13/h5-8,10-12H,3-4,9H2,1-2H3. The number of hydrogen-bond donors (Lipinski definition) is 0. The van der Waals surface area contributed by atoms with Gasteiger partial charge in [-0.25, -0.2) is 14.4 Å². The molecule has 2 aromatic heterocycles. The Labute approximate surface area is 151 Å². The molecule has 0 aliphatic carbocycles. The Morgan fingerprint density at radius 3 is 2.72 bits per heavy atom. The van der Waals surface area contributed by atoms with Gasteiger partial charge in [0.2, 0.25) is 0 Å². The van der Waals surface area contributed by atoms with E-state index in [-0.39, 0.29) is 5.82 Å². The smallest absolute Gasteiger partial charge is 0.150 e. The van der Waals surface area contributed by atoms with Gasteiger partial charge in [-0.3, -0.25) is 4.68 Å². The number of aromatic nitrogens is 4. The monoisotopic (exact) mass is 359 g/mol. The van der Waals surface area contributed by atoms with E-state index in [0.717, 1.165) is 42.2 Å². The summed E-state index contributed by atoms with van der Waals surface area (Å²) in [5.74, 6) is 0.488. The van der Waals surface area contributed by atoms with E-state index in [9.17, 15) is 4.39 Å². The lowest BCUT2D eigenvalue weighted by molar-refractivity contribution is 0.628. The molecule has 0 saturated heterocycles. The van der Waals surface area contributed by atoms with Gasteiger partial charge in [0.25, 0.3) is 0 Å². The Kier molecular flexibility index (Phi) is 5.28. The zero-order valence-corrected chi connectivity index (χ0v) is 14.9. The molecule has 0 radical (unpaired) electrons. The molecule has 2 heterocycles. The summed E-state index contributed by atoms with van der Waals surface area (Å²) in [6.07, 6.45) is 4.83. The molecule has 3 rings (SSSR count). The number of aryl methyl sites for hydroxylation is 2. The third kappa shape index (κ3) is 4.14. The van der Waals surface area contributed by atoms with Crippen molar-refractivity contribution in [1.29, 1.82) is 0 Å². The normalized spacial score (nSPS) is 10.9. The van der Waals surface area contributed by atoms with Crippen LogP contribution in [0.25, 0.3) is 11.3 Å². The SMILES string of the molecule is CN(CCCc1cc(-c2ccc(F)cc2)n(C)n1)c1ncncc1Cl. The molecule has 0 aliphatic heterocycles. The fourth-order valence-corrected chi connectivity index (χ4v) is 2.98. The lowest BCUT2D eigenvalue weighted by atomic mass is 10.1. The molecule has 0 N–H and O–H groups in total. The van der Waals surface area contributed by atoms with E-state index < -0.39 is 0 Å². The molecule has 0 fully saturated rings. The first-order valence-corrected chi connectivity index (χ1v) is 8.38. The van der Waals surface area contributed by atoms with Crippen LogP contribution in [0.1, 0.15) is 12.1 Å². The lowest BCUT2D eigenvalue weighted by Gasteiger charge is -2.18. The molecule has 0 unspecified atom stereocenters. The van der Waals surface area contributed by atoms with Gasteiger partial charge in [0.05, 0.1) is 17.6 Å². The van der Waals surface area contributed by atoms with Crippen molar-refractivity contribution in [3.63, 3.8) is 0 Å². The number of benzene rings is 1. The first kappa shape index (κ1) is 17.4. The summed E-state index contributed by atoms with van der Waals surface area (Å²) < 4.78 is 14.9. The van der Waals surface area contributed by atoms with E-state index in [4.69, 9.17) is 11.6 Å². The maximum atomic E-state index is 13.1. The van der Waals surface area contributed by atoms with E-state index >= 15 is 0 Å². The number of nitrogens with zero attached hydrogens (tertiary/aromatic N) is 5. The summed E-state index contributed by atoms with van der Waals surface area (Å²) in [5, 5.41) is 5.09. The fraction of sp³-hybridized carbons (Fsp3) is 0.278. The van der Waals surface area contributed by atoms with Crippen LogP contribution in [0.15, 0.2) is 42.9 Å². The maximum absolute atomic E-state index is 13.1. The molecule has 0 saturated carbocycles. The van der Waals surface area contributed by atoms with E-state index in [0.29, 0.717) is 5.02 Å². The quantitative estimate of drug-likeness (QED) is 0.672. The summed E-state index contributed by atoms with van der Waals surface area (Å²) in [4.78, 5) is 10.1. The van der Waals surface area contributed by atoms with E-state index in [1.807, 2.05) is 29.7 Å². The van der Waals surface area contributed by atoms with Gasteiger partial charge in [-0.05, 0) is 48.7 Å². The average molecular weight is 360 g/mol. The van der Waals surface area contributed by atoms with E-state index in [1.54, 1.807) is 18.3 Å². The minimum absolute atomic E-state index is 0.238. The number of anilines is 1. The molecule has 3 aromatic rings. The van der Waals surface area contributed by atoms with Gasteiger partial charge in [0, 0.05) is 20.6 Å². The Hall–Kier alpha value is -2.47. The highest BCUT2D eigenvalue weighted by molar-refractivity contribution is 6.32. The summed E-state index contributed by atoms with van der Waals surface area (Å²) in [6, 6.07) is 8.50. The molecule has 1 aromatic carbocycles. The van der Waals surface area contributed by atoms with Crippen LogP contribution in [-0.4, -0.2) is 33.3 Å². The minimum atomic E-state index is -0.238. The van der Waals surface area contributed by atoms with Crippen molar-refractivity contribution < 1.29 is 4.39 Å². The van der Waals surface area contributed by atoms with Crippen molar-refractivity contribution in [1.82, 2.24) is 19.7 Å². The van der Waals surface area contributed by atoms with Gasteiger partial charge in [0.1, 0.15) is 17.2 Å². The second-order valence-corrected chi connectivity index (χ2v) is 6.28. The molecule has 0 spiro atoms. The van der Waals surface area contributed by atoms with E-state index in [2.05, 4.69) is 15.1 Å². The van der Waals surface area contributed by atoms with Crippen molar-refractivity contribution in [2.75, 3.05) is 18.5 Å². The van der Waals surface area contributed by atoms with Crippen LogP contribution < -0.4 is 4.90 Å². The van der Waals surface area contributed by atoms with Gasteiger partial charge in [-0.15, -0.1) is 0 Å². The highest BCUT2D eigenvalue weighted by Crippen LogP contribution is 2.22. The largest absolute Gasteiger partial charge is 0.358 e. The van der Waals surface area contributed by atoms with Crippen molar-refractivity contribution in [2.45, 2.75) is 12.8 Å². The van der Waals surface area contributed by atoms with Crippen LogP contribution >= 0.6 is 11.6 Å². The van der Waals surface area contributed by atoms with Crippen LogP contribution in [0.3, 0.4) is 0 Å². The predicted molar refractivity (Wildman–Crippen MR) is 97.2 cm³/mol. The molecule has 7 heteroatoms. The van der Waals surface area contributed by atoms with Crippen molar-refractivity contribution >= 4 is 17.4 Å². The Bertz CT molecular complexity index is 847. The highest BCUT2D eigenvalue weighted by Gasteiger charge is 2.10. The Morgan fingerprint density at radius 1 is 1.24 bits per heavy atom. The summed E-state index contributed by atoms with van der Waals surface area (Å²) >= 11 is 6.11. The molecule has 130 valence electrons. The number of halogens is 2. The number of hydrogen-bond acceptors (Lipinski definition) is 4. The summed E-state index contributed by atoms with van der Waals surface area (Å²) in [5.41, 5.74) is 2.93. The molecule has 0 aliphatic rings. The third-order valence-corrected chi connectivity index (χ3v) is 4.27. The van der Waals surface area contributed by atoms with Crippen molar-refractivity contribution in [3.05, 3.63) is 59.4 Å². The Morgan fingerprint density at radius 2 is 2.00 bits per heavy atom. The maximum Gasteiger partial charge on any atom is 0.150 e. The van der Waals surface area contributed by atoms with Crippen LogP contribution in [0.5, 0.6) is 0 Å². The van der Waals surface area contributed by atoms with Crippen LogP contribution in [0, 0.1) is 5.82 Å². The molecule has 0 atom stereocenters. The van der Waals surface area contributed by atoms with Crippen LogP contribution in [-0.2, 0) is 13.5 Å². The van der Waals surface area contributed by atoms with Crippen molar-refractivity contribution in [2.24, 2.45) is 7.05 Å².